The number of nitrogens with one attached hydrogen (secondary N) is 1. The summed E-state index contributed by atoms with van der Waals surface area (Å²) in [5, 5.41) is 1.19. The molecule has 0 bridgehead atoms. The van der Waals surface area contributed by atoms with E-state index in [1.54, 1.807) is 12.4 Å². The number of aromatic nitrogens is 4. The molecule has 4 rings (SSSR count). The standard InChI is InChI=1S/C16H17N5/c1-3-19-16-14(1)8-13(9-20-16)7-12-2-6-21(11-12)15-10-17-4-5-18-15/h1,3-5,8-10,12H,2,6-7,11H2,(H,19,20). The van der Waals surface area contributed by atoms with Crippen LogP contribution in [0.3, 0.4) is 0 Å². The lowest BCUT2D eigenvalue weighted by Crippen LogP contribution is -2.21. The van der Waals surface area contributed by atoms with Gasteiger partial charge in [-0.25, -0.2) is 9.97 Å². The lowest BCUT2D eigenvalue weighted by molar-refractivity contribution is 0.585. The van der Waals surface area contributed by atoms with Gasteiger partial charge in [0.2, 0.25) is 0 Å². The average Bonchev–Trinajstić information content (AvgIpc) is 3.17. The molecule has 0 aromatic carbocycles. The summed E-state index contributed by atoms with van der Waals surface area (Å²) < 4.78 is 0. The Morgan fingerprint density at radius 3 is 3.14 bits per heavy atom. The molecule has 0 saturated carbocycles. The second-order valence-electron chi connectivity index (χ2n) is 5.63. The zero-order valence-electron chi connectivity index (χ0n) is 11.7. The Bertz CT molecular complexity index is 737. The molecule has 3 aromatic heterocycles. The molecule has 5 nitrogen and oxygen atoms in total. The smallest absolute Gasteiger partial charge is 0.147 e. The van der Waals surface area contributed by atoms with Crippen LogP contribution in [0.2, 0.25) is 0 Å². The van der Waals surface area contributed by atoms with Gasteiger partial charge in [0.25, 0.3) is 0 Å². The fourth-order valence-corrected chi connectivity index (χ4v) is 3.09. The Hall–Kier alpha value is -2.43. The minimum Gasteiger partial charge on any atom is -0.355 e. The van der Waals surface area contributed by atoms with Crippen LogP contribution in [0.25, 0.3) is 11.0 Å². The largest absolute Gasteiger partial charge is 0.355 e. The minimum atomic E-state index is 0.658. The first-order valence-electron chi connectivity index (χ1n) is 7.31. The SMILES string of the molecule is c1cnc(N2CCC(Cc3cnc4[nH]ccc4c3)C2)cn1. The lowest BCUT2D eigenvalue weighted by Gasteiger charge is -2.16. The number of H-pyrrole nitrogens is 1. The fourth-order valence-electron chi connectivity index (χ4n) is 3.09. The molecule has 0 aliphatic carbocycles. The molecule has 4 heterocycles. The van der Waals surface area contributed by atoms with E-state index in [0.29, 0.717) is 5.92 Å². The number of hydrogen-bond acceptors (Lipinski definition) is 4. The van der Waals surface area contributed by atoms with Gasteiger partial charge in [0.15, 0.2) is 0 Å². The van der Waals surface area contributed by atoms with Gasteiger partial charge in [-0.15, -0.1) is 0 Å². The summed E-state index contributed by atoms with van der Waals surface area (Å²) in [5.41, 5.74) is 2.28. The van der Waals surface area contributed by atoms with Crippen LogP contribution in [0.4, 0.5) is 5.82 Å². The molecule has 3 aromatic rings. The van der Waals surface area contributed by atoms with Crippen molar-refractivity contribution in [3.63, 3.8) is 0 Å². The van der Waals surface area contributed by atoms with E-state index in [9.17, 15) is 0 Å². The Morgan fingerprint density at radius 2 is 2.24 bits per heavy atom. The van der Waals surface area contributed by atoms with Gasteiger partial charge in [0, 0.05) is 43.3 Å². The number of fused-ring (bicyclic) bond motifs is 1. The highest BCUT2D eigenvalue weighted by atomic mass is 15.2. The molecule has 21 heavy (non-hydrogen) atoms. The minimum absolute atomic E-state index is 0.658. The van der Waals surface area contributed by atoms with Gasteiger partial charge < -0.3 is 9.88 Å². The highest BCUT2D eigenvalue weighted by molar-refractivity contribution is 5.75. The monoisotopic (exact) mass is 279 g/mol. The van der Waals surface area contributed by atoms with E-state index in [0.717, 1.165) is 31.0 Å². The van der Waals surface area contributed by atoms with Crippen LogP contribution in [-0.4, -0.2) is 33.0 Å². The van der Waals surface area contributed by atoms with E-state index in [1.807, 2.05) is 18.6 Å². The number of nitrogens with zero attached hydrogens (tertiary/aromatic N) is 4. The first kappa shape index (κ1) is 12.3. The van der Waals surface area contributed by atoms with Gasteiger partial charge in [-0.1, -0.05) is 0 Å². The van der Waals surface area contributed by atoms with E-state index >= 15 is 0 Å². The van der Waals surface area contributed by atoms with Crippen molar-refractivity contribution in [2.75, 3.05) is 18.0 Å². The van der Waals surface area contributed by atoms with Gasteiger partial charge in [-0.05, 0) is 36.5 Å². The zero-order valence-corrected chi connectivity index (χ0v) is 11.7. The molecule has 1 N–H and O–H groups in total. The van der Waals surface area contributed by atoms with Gasteiger partial charge in [0.05, 0.1) is 6.20 Å². The van der Waals surface area contributed by atoms with Crippen LogP contribution in [-0.2, 0) is 6.42 Å². The van der Waals surface area contributed by atoms with Crippen molar-refractivity contribution in [2.45, 2.75) is 12.8 Å². The summed E-state index contributed by atoms with van der Waals surface area (Å²) in [7, 11) is 0. The van der Waals surface area contributed by atoms with Crippen molar-refractivity contribution in [3.05, 3.63) is 48.7 Å². The van der Waals surface area contributed by atoms with Gasteiger partial charge in [-0.2, -0.15) is 0 Å². The molecule has 1 aliphatic rings. The van der Waals surface area contributed by atoms with Crippen LogP contribution in [0.1, 0.15) is 12.0 Å². The molecule has 5 heteroatoms. The molecule has 0 radical (unpaired) electrons. The molecule has 1 atom stereocenters. The van der Waals surface area contributed by atoms with Crippen LogP contribution in [0, 0.1) is 5.92 Å². The summed E-state index contributed by atoms with van der Waals surface area (Å²) in [6, 6.07) is 4.32. The Morgan fingerprint density at radius 1 is 1.24 bits per heavy atom. The van der Waals surface area contributed by atoms with Gasteiger partial charge in [-0.3, -0.25) is 4.98 Å². The number of aromatic amines is 1. The molecular formula is C16H17N5. The molecule has 1 saturated heterocycles. The van der Waals surface area contributed by atoms with Gasteiger partial charge >= 0.3 is 0 Å². The predicted molar refractivity (Wildman–Crippen MR) is 82.1 cm³/mol. The third-order valence-corrected chi connectivity index (χ3v) is 4.14. The van der Waals surface area contributed by atoms with Crippen molar-refractivity contribution < 1.29 is 0 Å². The molecular weight excluding hydrogens is 262 g/mol. The van der Waals surface area contributed by atoms with E-state index in [2.05, 4.69) is 37.0 Å². The van der Waals surface area contributed by atoms with Gasteiger partial charge in [0.1, 0.15) is 11.5 Å². The van der Waals surface area contributed by atoms with Crippen molar-refractivity contribution in [1.82, 2.24) is 19.9 Å². The summed E-state index contributed by atoms with van der Waals surface area (Å²) in [6.45, 7) is 2.10. The fraction of sp³-hybridized carbons (Fsp3) is 0.312. The Labute approximate surface area is 123 Å². The van der Waals surface area contributed by atoms with Crippen molar-refractivity contribution in [2.24, 2.45) is 5.92 Å². The molecule has 0 amide bonds. The molecule has 1 aliphatic heterocycles. The molecule has 1 unspecified atom stereocenters. The Kier molecular flexibility index (Phi) is 3.03. The first-order chi connectivity index (χ1) is 10.4. The number of rotatable bonds is 3. The maximum atomic E-state index is 4.47. The molecule has 0 spiro atoms. The summed E-state index contributed by atoms with van der Waals surface area (Å²) in [5.74, 6) is 1.64. The van der Waals surface area contributed by atoms with E-state index in [-0.39, 0.29) is 0 Å². The molecule has 106 valence electrons. The second-order valence-corrected chi connectivity index (χ2v) is 5.63. The summed E-state index contributed by atoms with van der Waals surface area (Å²) in [4.78, 5) is 18.5. The van der Waals surface area contributed by atoms with Crippen molar-refractivity contribution in [3.8, 4) is 0 Å². The normalized spacial score (nSPS) is 18.5. The second kappa shape index (κ2) is 5.16. The maximum Gasteiger partial charge on any atom is 0.147 e. The van der Waals surface area contributed by atoms with E-state index in [4.69, 9.17) is 0 Å². The molecule has 1 fully saturated rings. The summed E-state index contributed by atoms with van der Waals surface area (Å²) in [6.07, 6.45) is 11.5. The van der Waals surface area contributed by atoms with E-state index < -0.39 is 0 Å². The van der Waals surface area contributed by atoms with E-state index in [1.165, 1.54) is 17.4 Å². The third kappa shape index (κ3) is 2.46. The zero-order chi connectivity index (χ0) is 14.1. The quantitative estimate of drug-likeness (QED) is 0.800. The third-order valence-electron chi connectivity index (χ3n) is 4.14. The van der Waals surface area contributed by atoms with Crippen LogP contribution in [0.15, 0.2) is 43.1 Å². The maximum absolute atomic E-state index is 4.47. The summed E-state index contributed by atoms with van der Waals surface area (Å²) >= 11 is 0. The average molecular weight is 279 g/mol. The Balaban J connectivity index is 1.46. The highest BCUT2D eigenvalue weighted by Gasteiger charge is 2.23. The number of pyridine rings is 1. The number of anilines is 1. The first-order valence-corrected chi connectivity index (χ1v) is 7.31. The van der Waals surface area contributed by atoms with Crippen molar-refractivity contribution >= 4 is 16.9 Å². The topological polar surface area (TPSA) is 57.7 Å². The lowest BCUT2D eigenvalue weighted by atomic mass is 9.99. The van der Waals surface area contributed by atoms with Crippen LogP contribution < -0.4 is 4.90 Å². The van der Waals surface area contributed by atoms with Crippen LogP contribution in [0.5, 0.6) is 0 Å². The van der Waals surface area contributed by atoms with Crippen LogP contribution >= 0.6 is 0 Å². The van der Waals surface area contributed by atoms with Crippen molar-refractivity contribution in [1.29, 1.82) is 0 Å². The highest BCUT2D eigenvalue weighted by Crippen LogP contribution is 2.25. The predicted octanol–water partition coefficient (Wildman–Crippen LogP) is 2.42. The number of hydrogen-bond donors (Lipinski definition) is 1.